The van der Waals surface area contributed by atoms with E-state index in [1.165, 1.54) is 6.08 Å². The highest BCUT2D eigenvalue weighted by molar-refractivity contribution is 5.94. The van der Waals surface area contributed by atoms with Crippen molar-refractivity contribution < 1.29 is 18.5 Å². The Morgan fingerprint density at radius 3 is 2.74 bits per heavy atom. The van der Waals surface area contributed by atoms with Crippen LogP contribution in [-0.2, 0) is 4.79 Å². The molecule has 2 N–H and O–H groups in total. The van der Waals surface area contributed by atoms with Crippen LogP contribution in [0.5, 0.6) is 0 Å². The van der Waals surface area contributed by atoms with Gasteiger partial charge < -0.3 is 10.6 Å². The number of rotatable bonds is 6. The van der Waals surface area contributed by atoms with Crippen molar-refractivity contribution in [2.75, 3.05) is 18.4 Å². The Kier molecular flexibility index (Phi) is 5.07. The second-order valence-corrected chi connectivity index (χ2v) is 3.48. The van der Waals surface area contributed by atoms with E-state index in [0.717, 1.165) is 6.07 Å². The fourth-order valence-corrected chi connectivity index (χ4v) is 1.28. The molecular formula is C11H11F2N3O3. The molecule has 0 aliphatic heterocycles. The zero-order chi connectivity index (χ0) is 14.4. The van der Waals surface area contributed by atoms with Gasteiger partial charge in [0.25, 0.3) is 5.69 Å². The molecule has 1 amide bonds. The van der Waals surface area contributed by atoms with Gasteiger partial charge in [-0.3, -0.25) is 14.9 Å². The molecule has 19 heavy (non-hydrogen) atoms. The maximum absolute atomic E-state index is 13.4. The minimum Gasteiger partial charge on any atom is -0.317 e. The summed E-state index contributed by atoms with van der Waals surface area (Å²) in [6, 6.07) is 1.41. The van der Waals surface area contributed by atoms with Crippen molar-refractivity contribution in [2.45, 2.75) is 0 Å². The van der Waals surface area contributed by atoms with Gasteiger partial charge in [0.1, 0.15) is 0 Å². The van der Waals surface area contributed by atoms with Crippen molar-refractivity contribution in [3.05, 3.63) is 46.5 Å². The SMILES string of the molecule is C=CCNCC(=O)Nc1c([N+](=O)[O-])ccc(F)c1F. The minimum atomic E-state index is -1.47. The number of hydrogen-bond donors (Lipinski definition) is 2. The largest absolute Gasteiger partial charge is 0.317 e. The maximum Gasteiger partial charge on any atom is 0.296 e. The number of nitro benzene ring substituents is 1. The van der Waals surface area contributed by atoms with Crippen LogP contribution in [-0.4, -0.2) is 23.9 Å². The Labute approximate surface area is 107 Å². The van der Waals surface area contributed by atoms with Gasteiger partial charge in [-0.25, -0.2) is 8.78 Å². The van der Waals surface area contributed by atoms with E-state index < -0.39 is 33.8 Å². The van der Waals surface area contributed by atoms with Crippen LogP contribution >= 0.6 is 0 Å². The third-order valence-corrected chi connectivity index (χ3v) is 2.11. The molecule has 1 aromatic carbocycles. The number of amides is 1. The maximum atomic E-state index is 13.4. The van der Waals surface area contributed by atoms with E-state index in [-0.39, 0.29) is 6.54 Å². The van der Waals surface area contributed by atoms with Crippen LogP contribution in [0.15, 0.2) is 24.8 Å². The molecule has 1 rings (SSSR count). The van der Waals surface area contributed by atoms with E-state index in [0.29, 0.717) is 12.6 Å². The lowest BCUT2D eigenvalue weighted by atomic mass is 10.2. The molecule has 0 fully saturated rings. The van der Waals surface area contributed by atoms with Crippen LogP contribution in [0.25, 0.3) is 0 Å². The van der Waals surface area contributed by atoms with E-state index in [1.807, 2.05) is 5.32 Å². The van der Waals surface area contributed by atoms with Crippen LogP contribution in [0.2, 0.25) is 0 Å². The smallest absolute Gasteiger partial charge is 0.296 e. The lowest BCUT2D eigenvalue weighted by Gasteiger charge is -2.07. The van der Waals surface area contributed by atoms with Crippen LogP contribution < -0.4 is 10.6 Å². The molecule has 0 bridgehead atoms. The zero-order valence-corrected chi connectivity index (χ0v) is 9.78. The Hall–Kier alpha value is -2.35. The number of nitrogens with one attached hydrogen (secondary N) is 2. The molecule has 0 spiro atoms. The highest BCUT2D eigenvalue weighted by Gasteiger charge is 2.23. The number of carbonyl (C=O) groups excluding carboxylic acids is 1. The monoisotopic (exact) mass is 271 g/mol. The Morgan fingerprint density at radius 1 is 1.47 bits per heavy atom. The van der Waals surface area contributed by atoms with E-state index in [2.05, 4.69) is 11.9 Å². The molecule has 0 unspecified atom stereocenters. The quantitative estimate of drug-likeness (QED) is 0.356. The van der Waals surface area contributed by atoms with E-state index in [4.69, 9.17) is 0 Å². The summed E-state index contributed by atoms with van der Waals surface area (Å²) in [6.45, 7) is 3.54. The molecule has 0 atom stereocenters. The van der Waals surface area contributed by atoms with Gasteiger partial charge in [0, 0.05) is 12.6 Å². The molecule has 0 aromatic heterocycles. The van der Waals surface area contributed by atoms with Gasteiger partial charge in [-0.05, 0) is 6.07 Å². The lowest BCUT2D eigenvalue weighted by Crippen LogP contribution is -2.28. The number of benzene rings is 1. The average Bonchev–Trinajstić information content (AvgIpc) is 2.35. The first-order chi connectivity index (χ1) is 8.97. The number of nitrogens with zero attached hydrogens (tertiary/aromatic N) is 1. The van der Waals surface area contributed by atoms with Gasteiger partial charge in [0.05, 0.1) is 11.5 Å². The summed E-state index contributed by atoms with van der Waals surface area (Å²) in [7, 11) is 0. The lowest BCUT2D eigenvalue weighted by molar-refractivity contribution is -0.384. The standard InChI is InChI=1S/C11H11F2N3O3/c1-2-5-14-6-9(17)15-11-8(16(18)19)4-3-7(12)10(11)13/h2-4,14H,1,5-6H2,(H,15,17). The number of nitro groups is 1. The molecule has 102 valence electrons. The minimum absolute atomic E-state index is 0.209. The zero-order valence-electron chi connectivity index (χ0n) is 9.78. The van der Waals surface area contributed by atoms with Gasteiger partial charge in [0.2, 0.25) is 5.91 Å². The van der Waals surface area contributed by atoms with Gasteiger partial charge in [-0.1, -0.05) is 6.08 Å². The first-order valence-corrected chi connectivity index (χ1v) is 5.21. The van der Waals surface area contributed by atoms with Crippen LogP contribution in [0.4, 0.5) is 20.2 Å². The third kappa shape index (κ3) is 3.81. The normalized spacial score (nSPS) is 10.0. The highest BCUT2D eigenvalue weighted by atomic mass is 19.2. The summed E-state index contributed by atoms with van der Waals surface area (Å²) < 4.78 is 26.4. The number of hydrogen-bond acceptors (Lipinski definition) is 4. The number of anilines is 1. The van der Waals surface area contributed by atoms with E-state index >= 15 is 0 Å². The van der Waals surface area contributed by atoms with Gasteiger partial charge in [-0.15, -0.1) is 6.58 Å². The summed E-state index contributed by atoms with van der Waals surface area (Å²) in [5.41, 5.74) is -1.49. The topological polar surface area (TPSA) is 84.3 Å². The first kappa shape index (κ1) is 14.7. The second kappa shape index (κ2) is 6.55. The molecule has 1 aromatic rings. The highest BCUT2D eigenvalue weighted by Crippen LogP contribution is 2.28. The van der Waals surface area contributed by atoms with Crippen molar-refractivity contribution in [3.8, 4) is 0 Å². The number of halogens is 2. The van der Waals surface area contributed by atoms with Gasteiger partial charge in [0.15, 0.2) is 17.3 Å². The Balaban J connectivity index is 2.92. The summed E-state index contributed by atoms with van der Waals surface area (Å²) in [6.07, 6.45) is 1.50. The van der Waals surface area contributed by atoms with E-state index in [9.17, 15) is 23.7 Å². The summed E-state index contributed by atoms with van der Waals surface area (Å²) in [4.78, 5) is 21.2. The Bertz CT molecular complexity index is 520. The third-order valence-electron chi connectivity index (χ3n) is 2.11. The fourth-order valence-electron chi connectivity index (χ4n) is 1.28. The molecular weight excluding hydrogens is 260 g/mol. The van der Waals surface area contributed by atoms with Crippen molar-refractivity contribution in [3.63, 3.8) is 0 Å². The summed E-state index contributed by atoms with van der Waals surface area (Å²) in [5.74, 6) is -3.47. The molecule has 6 nitrogen and oxygen atoms in total. The Morgan fingerprint density at radius 2 is 2.16 bits per heavy atom. The molecule has 0 heterocycles. The van der Waals surface area contributed by atoms with Crippen LogP contribution in [0.3, 0.4) is 0 Å². The van der Waals surface area contributed by atoms with Crippen molar-refractivity contribution in [1.82, 2.24) is 5.32 Å². The molecule has 8 heteroatoms. The van der Waals surface area contributed by atoms with Crippen LogP contribution in [0, 0.1) is 21.7 Å². The first-order valence-electron chi connectivity index (χ1n) is 5.21. The van der Waals surface area contributed by atoms with Gasteiger partial charge >= 0.3 is 0 Å². The predicted molar refractivity (Wildman–Crippen MR) is 64.7 cm³/mol. The van der Waals surface area contributed by atoms with Gasteiger partial charge in [-0.2, -0.15) is 0 Å². The molecule has 0 saturated heterocycles. The predicted octanol–water partition coefficient (Wildman–Crippen LogP) is 1.59. The molecule has 0 aliphatic carbocycles. The van der Waals surface area contributed by atoms with Crippen molar-refractivity contribution in [1.29, 1.82) is 0 Å². The average molecular weight is 271 g/mol. The fraction of sp³-hybridized carbons (Fsp3) is 0.182. The molecule has 0 saturated carbocycles. The summed E-state index contributed by atoms with van der Waals surface area (Å²) in [5, 5.41) is 15.3. The molecule has 0 radical (unpaired) electrons. The van der Waals surface area contributed by atoms with Crippen molar-refractivity contribution in [2.24, 2.45) is 0 Å². The summed E-state index contributed by atoms with van der Waals surface area (Å²) >= 11 is 0. The van der Waals surface area contributed by atoms with E-state index in [1.54, 1.807) is 0 Å². The number of carbonyl (C=O) groups is 1. The molecule has 0 aliphatic rings. The van der Waals surface area contributed by atoms with Crippen LogP contribution in [0.1, 0.15) is 0 Å². The second-order valence-electron chi connectivity index (χ2n) is 3.48. The van der Waals surface area contributed by atoms with Crippen molar-refractivity contribution >= 4 is 17.3 Å².